The van der Waals surface area contributed by atoms with Gasteiger partial charge in [0.05, 0.1) is 17.0 Å². The van der Waals surface area contributed by atoms with Gasteiger partial charge in [0.1, 0.15) is 0 Å². The average molecular weight is 272 g/mol. The van der Waals surface area contributed by atoms with Crippen LogP contribution >= 0.6 is 0 Å². The predicted molar refractivity (Wildman–Crippen MR) is 57.8 cm³/mol. The Kier molecular flexibility index (Phi) is 3.19. The van der Waals surface area contributed by atoms with E-state index in [2.05, 4.69) is 9.97 Å². The molecule has 0 bridgehead atoms. The third-order valence-electron chi connectivity index (χ3n) is 2.57. The van der Waals surface area contributed by atoms with Crippen LogP contribution in [0.3, 0.4) is 0 Å². The minimum absolute atomic E-state index is 0.0291. The summed E-state index contributed by atoms with van der Waals surface area (Å²) in [5.74, 6) is -2.51. The van der Waals surface area contributed by atoms with Gasteiger partial charge >= 0.3 is 6.18 Å². The summed E-state index contributed by atoms with van der Waals surface area (Å²) in [6.07, 6.45) is -4.58. The number of benzene rings is 1. The summed E-state index contributed by atoms with van der Waals surface area (Å²) in [6.45, 7) is 0. The van der Waals surface area contributed by atoms with E-state index in [1.165, 1.54) is 18.2 Å². The highest BCUT2D eigenvalue weighted by molar-refractivity contribution is 5.77. The zero-order chi connectivity index (χ0) is 14.2. The normalized spacial score (nSPS) is 13.7. The standard InChI is InChI=1S/C11H10F3N3O2/c12-11(13,14)10-16-7-2-1-5(4-8(7)17-10)3-6(15)9(18)19/h1-2,4,6H,3,15H2,(H,16,17)(H,18,19)/p-1/t6-/m1/s1. The van der Waals surface area contributed by atoms with Crippen LogP contribution in [0.1, 0.15) is 11.4 Å². The fourth-order valence-electron chi connectivity index (χ4n) is 1.66. The Bertz CT molecular complexity index is 621. The highest BCUT2D eigenvalue weighted by atomic mass is 19.4. The number of hydrogen-bond donors (Lipinski definition) is 2. The van der Waals surface area contributed by atoms with E-state index in [-0.39, 0.29) is 17.5 Å². The Labute approximate surface area is 105 Å². The van der Waals surface area contributed by atoms with Crippen molar-refractivity contribution in [1.82, 2.24) is 9.97 Å². The van der Waals surface area contributed by atoms with Crippen molar-refractivity contribution in [2.75, 3.05) is 0 Å². The number of hydrogen-bond acceptors (Lipinski definition) is 4. The number of carboxylic acid groups (broad SMARTS) is 1. The summed E-state index contributed by atoms with van der Waals surface area (Å²) < 4.78 is 37.3. The summed E-state index contributed by atoms with van der Waals surface area (Å²) in [7, 11) is 0. The zero-order valence-corrected chi connectivity index (χ0v) is 9.49. The van der Waals surface area contributed by atoms with E-state index in [9.17, 15) is 23.1 Å². The van der Waals surface area contributed by atoms with Crippen molar-refractivity contribution in [3.05, 3.63) is 29.6 Å². The average Bonchev–Trinajstić information content (AvgIpc) is 2.71. The van der Waals surface area contributed by atoms with Gasteiger partial charge in [-0.2, -0.15) is 13.2 Å². The van der Waals surface area contributed by atoms with Crippen LogP contribution in [0.15, 0.2) is 18.2 Å². The molecule has 0 unspecified atom stereocenters. The molecule has 0 saturated heterocycles. The molecule has 1 heterocycles. The van der Waals surface area contributed by atoms with Gasteiger partial charge in [-0.15, -0.1) is 0 Å². The predicted octanol–water partition coefficient (Wildman–Crippen LogP) is 0.201. The Morgan fingerprint density at radius 2 is 2.16 bits per heavy atom. The number of carboxylic acids is 1. The highest BCUT2D eigenvalue weighted by Crippen LogP contribution is 2.28. The van der Waals surface area contributed by atoms with E-state index in [1.54, 1.807) is 0 Å². The second kappa shape index (κ2) is 4.54. The van der Waals surface area contributed by atoms with Crippen LogP contribution in [0.25, 0.3) is 11.0 Å². The van der Waals surface area contributed by atoms with E-state index in [0.717, 1.165) is 0 Å². The molecule has 2 aromatic rings. The highest BCUT2D eigenvalue weighted by Gasteiger charge is 2.34. The van der Waals surface area contributed by atoms with Crippen LogP contribution in [0.5, 0.6) is 0 Å². The first-order valence-electron chi connectivity index (χ1n) is 5.29. The summed E-state index contributed by atoms with van der Waals surface area (Å²) in [5.41, 5.74) is 6.11. The Morgan fingerprint density at radius 1 is 1.47 bits per heavy atom. The lowest BCUT2D eigenvalue weighted by Crippen LogP contribution is -2.43. The molecule has 0 aliphatic carbocycles. The first-order valence-corrected chi connectivity index (χ1v) is 5.29. The lowest BCUT2D eigenvalue weighted by molar-refractivity contribution is -0.307. The van der Waals surface area contributed by atoms with Crippen LogP contribution < -0.4 is 10.8 Å². The van der Waals surface area contributed by atoms with Crippen LogP contribution in [0.2, 0.25) is 0 Å². The maximum Gasteiger partial charge on any atom is 0.449 e. The van der Waals surface area contributed by atoms with E-state index < -0.39 is 24.0 Å². The first-order chi connectivity index (χ1) is 8.77. The number of aromatic amines is 1. The summed E-state index contributed by atoms with van der Waals surface area (Å²) in [4.78, 5) is 16.0. The molecule has 1 atom stereocenters. The minimum atomic E-state index is -4.55. The molecule has 0 aliphatic heterocycles. The fourth-order valence-corrected chi connectivity index (χ4v) is 1.66. The topological polar surface area (TPSA) is 94.8 Å². The maximum absolute atomic E-state index is 12.4. The quantitative estimate of drug-likeness (QED) is 0.834. The molecule has 0 aliphatic rings. The second-order valence-corrected chi connectivity index (χ2v) is 4.06. The lowest BCUT2D eigenvalue weighted by atomic mass is 10.1. The summed E-state index contributed by atoms with van der Waals surface area (Å²) in [6, 6.07) is 3.03. The monoisotopic (exact) mass is 272 g/mol. The van der Waals surface area contributed by atoms with Crippen LogP contribution in [-0.4, -0.2) is 22.0 Å². The van der Waals surface area contributed by atoms with Crippen LogP contribution in [-0.2, 0) is 17.4 Å². The third-order valence-corrected chi connectivity index (χ3v) is 2.57. The van der Waals surface area contributed by atoms with Crippen molar-refractivity contribution < 1.29 is 23.1 Å². The lowest BCUT2D eigenvalue weighted by Gasteiger charge is -2.12. The molecule has 0 amide bonds. The molecule has 0 radical (unpaired) electrons. The van der Waals surface area contributed by atoms with Gasteiger partial charge < -0.3 is 20.6 Å². The van der Waals surface area contributed by atoms with Crippen LogP contribution in [0, 0.1) is 0 Å². The number of halogens is 3. The third kappa shape index (κ3) is 2.84. The van der Waals surface area contributed by atoms with Crippen molar-refractivity contribution in [3.8, 4) is 0 Å². The van der Waals surface area contributed by atoms with Crippen molar-refractivity contribution in [2.24, 2.45) is 5.73 Å². The zero-order valence-electron chi connectivity index (χ0n) is 9.49. The molecule has 1 aromatic heterocycles. The fraction of sp³-hybridized carbons (Fsp3) is 0.273. The number of aromatic nitrogens is 2. The van der Waals surface area contributed by atoms with E-state index in [1.807, 2.05) is 0 Å². The molecule has 102 valence electrons. The van der Waals surface area contributed by atoms with Gasteiger partial charge in [-0.1, -0.05) is 6.07 Å². The number of aliphatic carboxylic acids is 1. The molecule has 8 heteroatoms. The Balaban J connectivity index is 2.33. The summed E-state index contributed by atoms with van der Waals surface area (Å²) in [5, 5.41) is 10.5. The van der Waals surface area contributed by atoms with Gasteiger partial charge in [-0.25, -0.2) is 4.98 Å². The number of H-pyrrole nitrogens is 1. The van der Waals surface area contributed by atoms with Gasteiger partial charge in [0.25, 0.3) is 0 Å². The number of rotatable bonds is 3. The number of nitrogens with zero attached hydrogens (tertiary/aromatic N) is 1. The van der Waals surface area contributed by atoms with Crippen molar-refractivity contribution in [1.29, 1.82) is 0 Å². The van der Waals surface area contributed by atoms with Crippen LogP contribution in [0.4, 0.5) is 13.2 Å². The van der Waals surface area contributed by atoms with Gasteiger partial charge in [0.2, 0.25) is 5.82 Å². The van der Waals surface area contributed by atoms with Crippen molar-refractivity contribution >= 4 is 17.0 Å². The number of nitrogens with two attached hydrogens (primary N) is 1. The van der Waals surface area contributed by atoms with Gasteiger partial charge in [0, 0.05) is 6.04 Å². The first kappa shape index (κ1) is 13.3. The van der Waals surface area contributed by atoms with Crippen molar-refractivity contribution in [2.45, 2.75) is 18.6 Å². The molecule has 1 aromatic carbocycles. The number of alkyl halides is 3. The summed E-state index contributed by atoms with van der Waals surface area (Å²) >= 11 is 0. The molecule has 19 heavy (non-hydrogen) atoms. The minimum Gasteiger partial charge on any atom is -0.548 e. The molecular weight excluding hydrogens is 263 g/mol. The number of carbonyl (C=O) groups excluding carboxylic acids is 1. The number of nitrogens with one attached hydrogen (secondary N) is 1. The molecule has 3 N–H and O–H groups in total. The molecule has 0 spiro atoms. The number of imidazole rings is 1. The number of fused-ring (bicyclic) bond motifs is 1. The van der Waals surface area contributed by atoms with E-state index in [0.29, 0.717) is 5.56 Å². The number of carbonyl (C=O) groups is 1. The molecule has 2 rings (SSSR count). The molecular formula is C11H9F3N3O2-. The van der Waals surface area contributed by atoms with Gasteiger partial charge in [-0.05, 0) is 24.1 Å². The maximum atomic E-state index is 12.4. The van der Waals surface area contributed by atoms with Gasteiger partial charge in [0.15, 0.2) is 0 Å². The van der Waals surface area contributed by atoms with E-state index >= 15 is 0 Å². The van der Waals surface area contributed by atoms with Gasteiger partial charge in [-0.3, -0.25) is 0 Å². The largest absolute Gasteiger partial charge is 0.548 e. The SMILES string of the molecule is N[C@H](Cc1ccc2nc(C(F)(F)F)[nH]c2c1)C(=O)[O-]. The van der Waals surface area contributed by atoms with Crippen molar-refractivity contribution in [3.63, 3.8) is 0 Å². The Morgan fingerprint density at radius 3 is 2.74 bits per heavy atom. The molecule has 0 saturated carbocycles. The molecule has 0 fully saturated rings. The van der Waals surface area contributed by atoms with E-state index in [4.69, 9.17) is 5.73 Å². The molecule has 5 nitrogen and oxygen atoms in total. The second-order valence-electron chi connectivity index (χ2n) is 4.06. The Hall–Kier alpha value is -2.09. The smallest absolute Gasteiger partial charge is 0.449 e.